The van der Waals surface area contributed by atoms with Gasteiger partial charge in [-0.1, -0.05) is 39.0 Å². The highest BCUT2D eigenvalue weighted by Crippen LogP contribution is 2.55. The van der Waals surface area contributed by atoms with E-state index in [1.54, 1.807) is 19.1 Å². The highest BCUT2D eigenvalue weighted by molar-refractivity contribution is 8.01. The maximum Gasteiger partial charge on any atom is 0.308 e. The SMILES string of the molecule is COc1cccc([C@H]2S[C@H](CC(=O)N3CCCC(C(=O)O)C3)C(=O)N3c4c(cc(C)cc42)OC[C@H]3C(C)(C)C)c1OC. The molecular formula is C32H40N2O7S. The fourth-order valence-corrected chi connectivity index (χ4v) is 7.73. The van der Waals surface area contributed by atoms with Crippen molar-refractivity contribution in [3.05, 3.63) is 47.0 Å². The van der Waals surface area contributed by atoms with Crippen LogP contribution in [-0.4, -0.2) is 73.0 Å². The Labute approximate surface area is 251 Å². The van der Waals surface area contributed by atoms with Gasteiger partial charge in [-0.05, 0) is 48.4 Å². The Bertz CT molecular complexity index is 1390. The zero-order valence-electron chi connectivity index (χ0n) is 25.1. The maximum absolute atomic E-state index is 14.6. The molecule has 42 heavy (non-hydrogen) atoms. The molecule has 226 valence electrons. The Hall–Kier alpha value is -3.40. The molecule has 0 aromatic heterocycles. The summed E-state index contributed by atoms with van der Waals surface area (Å²) in [5.74, 6) is -0.0217. The number of benzene rings is 2. The Balaban J connectivity index is 1.64. The summed E-state index contributed by atoms with van der Waals surface area (Å²) in [5.41, 5.74) is 3.19. The molecule has 1 unspecified atom stereocenters. The molecule has 9 nitrogen and oxygen atoms in total. The second kappa shape index (κ2) is 11.7. The van der Waals surface area contributed by atoms with Crippen LogP contribution in [0.3, 0.4) is 0 Å². The quantitative estimate of drug-likeness (QED) is 0.493. The van der Waals surface area contributed by atoms with E-state index >= 15 is 0 Å². The number of ether oxygens (including phenoxy) is 3. The lowest BCUT2D eigenvalue weighted by Gasteiger charge is -2.44. The number of aryl methyl sites for hydroxylation is 1. The van der Waals surface area contributed by atoms with Gasteiger partial charge in [0.15, 0.2) is 11.5 Å². The monoisotopic (exact) mass is 596 g/mol. The molecule has 2 aromatic carbocycles. The molecule has 1 fully saturated rings. The van der Waals surface area contributed by atoms with Crippen molar-refractivity contribution in [3.63, 3.8) is 0 Å². The third kappa shape index (κ3) is 5.53. The summed E-state index contributed by atoms with van der Waals surface area (Å²) in [7, 11) is 3.19. The van der Waals surface area contributed by atoms with E-state index in [-0.39, 0.29) is 41.5 Å². The van der Waals surface area contributed by atoms with E-state index in [9.17, 15) is 19.5 Å². The van der Waals surface area contributed by atoms with Crippen LogP contribution in [0.4, 0.5) is 5.69 Å². The number of methoxy groups -OCH3 is 2. The zero-order chi connectivity index (χ0) is 30.3. The van der Waals surface area contributed by atoms with Gasteiger partial charge in [-0.15, -0.1) is 11.8 Å². The molecule has 3 aliphatic rings. The van der Waals surface area contributed by atoms with Crippen LogP contribution in [-0.2, 0) is 14.4 Å². The number of rotatable bonds is 6. The molecule has 3 heterocycles. The van der Waals surface area contributed by atoms with E-state index in [2.05, 4.69) is 26.8 Å². The highest BCUT2D eigenvalue weighted by atomic mass is 32.2. The van der Waals surface area contributed by atoms with Gasteiger partial charge in [0.1, 0.15) is 12.4 Å². The van der Waals surface area contributed by atoms with Crippen molar-refractivity contribution in [1.82, 2.24) is 4.90 Å². The minimum absolute atomic E-state index is 0.0326. The molecule has 0 bridgehead atoms. The normalized spacial score (nSPS) is 23.9. The van der Waals surface area contributed by atoms with E-state index in [1.165, 1.54) is 11.8 Å². The fourth-order valence-electron chi connectivity index (χ4n) is 6.28. The summed E-state index contributed by atoms with van der Waals surface area (Å²) >= 11 is 1.44. The number of carboxylic acid groups (broad SMARTS) is 1. The lowest BCUT2D eigenvalue weighted by atomic mass is 9.84. The number of carbonyl (C=O) groups is 3. The second-order valence-corrected chi connectivity index (χ2v) is 13.7. The summed E-state index contributed by atoms with van der Waals surface area (Å²) < 4.78 is 17.8. The Morgan fingerprint density at radius 3 is 2.57 bits per heavy atom. The first-order valence-electron chi connectivity index (χ1n) is 14.4. The van der Waals surface area contributed by atoms with Crippen molar-refractivity contribution in [2.24, 2.45) is 11.3 Å². The molecule has 1 saturated heterocycles. The largest absolute Gasteiger partial charge is 0.493 e. The minimum Gasteiger partial charge on any atom is -0.493 e. The fraction of sp³-hybridized carbons (Fsp3) is 0.531. The minimum atomic E-state index is -0.891. The van der Waals surface area contributed by atoms with Crippen LogP contribution >= 0.6 is 11.8 Å². The van der Waals surface area contributed by atoms with E-state index in [1.807, 2.05) is 36.1 Å². The first-order chi connectivity index (χ1) is 19.9. The molecule has 0 aliphatic carbocycles. The van der Waals surface area contributed by atoms with E-state index in [4.69, 9.17) is 14.2 Å². The first kappa shape index (κ1) is 30.1. The van der Waals surface area contributed by atoms with E-state index < -0.39 is 17.1 Å². The van der Waals surface area contributed by atoms with Crippen molar-refractivity contribution in [3.8, 4) is 17.2 Å². The van der Waals surface area contributed by atoms with Crippen molar-refractivity contribution in [1.29, 1.82) is 0 Å². The van der Waals surface area contributed by atoms with Gasteiger partial charge in [0.05, 0.1) is 42.4 Å². The lowest BCUT2D eigenvalue weighted by Crippen LogP contribution is -2.55. The van der Waals surface area contributed by atoms with E-state index in [0.29, 0.717) is 43.2 Å². The van der Waals surface area contributed by atoms with Crippen molar-refractivity contribution in [2.45, 2.75) is 63.5 Å². The molecule has 2 amide bonds. The summed E-state index contributed by atoms with van der Waals surface area (Å²) in [6.45, 7) is 9.28. The van der Waals surface area contributed by atoms with Crippen molar-refractivity contribution in [2.75, 3.05) is 38.8 Å². The lowest BCUT2D eigenvalue weighted by molar-refractivity contribution is -0.146. The van der Waals surface area contributed by atoms with Crippen LogP contribution in [0, 0.1) is 18.3 Å². The summed E-state index contributed by atoms with van der Waals surface area (Å²) in [6, 6.07) is 9.51. The predicted octanol–water partition coefficient (Wildman–Crippen LogP) is 5.07. The van der Waals surface area contributed by atoms with Crippen LogP contribution in [0.15, 0.2) is 30.3 Å². The number of piperidine rings is 1. The third-order valence-corrected chi connectivity index (χ3v) is 9.97. The predicted molar refractivity (Wildman–Crippen MR) is 162 cm³/mol. The molecule has 3 aliphatic heterocycles. The van der Waals surface area contributed by atoms with Crippen LogP contribution < -0.4 is 19.1 Å². The third-order valence-electron chi connectivity index (χ3n) is 8.49. The van der Waals surface area contributed by atoms with Gasteiger partial charge in [-0.2, -0.15) is 0 Å². The van der Waals surface area contributed by atoms with Crippen LogP contribution in [0.2, 0.25) is 0 Å². The van der Waals surface area contributed by atoms with E-state index in [0.717, 1.165) is 22.4 Å². The molecule has 2 aromatic rings. The van der Waals surface area contributed by atoms with Gasteiger partial charge in [0, 0.05) is 25.1 Å². The number of nitrogens with zero attached hydrogens (tertiary/aromatic N) is 2. The number of carboxylic acids is 1. The first-order valence-corrected chi connectivity index (χ1v) is 15.4. The second-order valence-electron chi connectivity index (χ2n) is 12.4. The molecule has 0 spiro atoms. The molecule has 10 heteroatoms. The zero-order valence-corrected chi connectivity index (χ0v) is 26.0. The number of likely N-dealkylation sites (tertiary alicyclic amines) is 1. The summed E-state index contributed by atoms with van der Waals surface area (Å²) in [5, 5.41) is 8.50. The van der Waals surface area contributed by atoms with Gasteiger partial charge < -0.3 is 29.1 Å². The number of hydrogen-bond donors (Lipinski definition) is 1. The Morgan fingerprint density at radius 1 is 1.14 bits per heavy atom. The Morgan fingerprint density at radius 2 is 1.90 bits per heavy atom. The number of hydrogen-bond acceptors (Lipinski definition) is 7. The number of carbonyl (C=O) groups excluding carboxylic acids is 2. The molecular weight excluding hydrogens is 556 g/mol. The van der Waals surface area contributed by atoms with Gasteiger partial charge >= 0.3 is 5.97 Å². The topological polar surface area (TPSA) is 106 Å². The number of aliphatic carboxylic acids is 1. The van der Waals surface area contributed by atoms with Gasteiger partial charge in [0.2, 0.25) is 11.8 Å². The average Bonchev–Trinajstić information content (AvgIpc) is 3.07. The molecule has 0 radical (unpaired) electrons. The standard InChI is InChI=1S/C32H40N2O7S/c1-18-13-21-27-23(14-18)41-17-25(32(2,3)4)34(27)30(36)24(15-26(35)33-12-8-9-19(16-33)31(37)38)42-29(21)20-10-7-11-22(39-5)28(20)40-6/h7,10-11,13-14,19,24-25,29H,8-9,12,15-17H2,1-6H3,(H,37,38)/t19?,24-,25+,29-/m1/s1. The molecule has 0 saturated carbocycles. The van der Waals surface area contributed by atoms with Crippen molar-refractivity contribution < 1.29 is 33.7 Å². The number of thioether (sulfide) groups is 1. The van der Waals surface area contributed by atoms with Gasteiger partial charge in [-0.25, -0.2) is 0 Å². The highest BCUT2D eigenvalue weighted by Gasteiger charge is 2.48. The van der Waals surface area contributed by atoms with Crippen LogP contribution in [0.1, 0.15) is 62.0 Å². The average molecular weight is 597 g/mol. The summed E-state index contributed by atoms with van der Waals surface area (Å²) in [4.78, 5) is 43.5. The molecule has 5 rings (SSSR count). The van der Waals surface area contributed by atoms with Crippen LogP contribution in [0.5, 0.6) is 17.2 Å². The van der Waals surface area contributed by atoms with Crippen LogP contribution in [0.25, 0.3) is 0 Å². The number of amides is 2. The molecule has 4 atom stereocenters. The van der Waals surface area contributed by atoms with Gasteiger partial charge in [-0.3, -0.25) is 14.4 Å². The number of anilines is 1. The summed E-state index contributed by atoms with van der Waals surface area (Å²) in [6.07, 6.45) is 1.14. The number of para-hydroxylation sites is 1. The Kier molecular flexibility index (Phi) is 8.38. The maximum atomic E-state index is 14.6. The smallest absolute Gasteiger partial charge is 0.308 e. The van der Waals surface area contributed by atoms with Gasteiger partial charge in [0.25, 0.3) is 0 Å². The van der Waals surface area contributed by atoms with Crippen molar-refractivity contribution >= 4 is 35.2 Å². The molecule has 1 N–H and O–H groups in total.